The molecular weight excluding hydrogens is 366 g/mol. The predicted octanol–water partition coefficient (Wildman–Crippen LogP) is 2.56. The third-order valence-corrected chi connectivity index (χ3v) is 5.23. The minimum atomic E-state index is -0.283. The third-order valence-electron chi connectivity index (χ3n) is 5.23. The Balaban J connectivity index is 1.42. The topological polar surface area (TPSA) is 90.1 Å². The highest BCUT2D eigenvalue weighted by Crippen LogP contribution is 2.17. The Labute approximate surface area is 169 Å². The number of nitrogens with zero attached hydrogens (tertiary/aromatic N) is 2. The average Bonchev–Trinajstić information content (AvgIpc) is 3.26. The zero-order valence-electron chi connectivity index (χ0n) is 16.2. The summed E-state index contributed by atoms with van der Waals surface area (Å²) in [5, 5.41) is 6.42. The van der Waals surface area contributed by atoms with Gasteiger partial charge in [0, 0.05) is 6.54 Å². The van der Waals surface area contributed by atoms with E-state index in [0.717, 1.165) is 25.2 Å². The maximum absolute atomic E-state index is 12.6. The Morgan fingerprint density at radius 3 is 2.59 bits per heavy atom. The maximum atomic E-state index is 12.6. The van der Waals surface area contributed by atoms with E-state index < -0.39 is 0 Å². The van der Waals surface area contributed by atoms with E-state index in [0.29, 0.717) is 16.7 Å². The molecule has 0 radical (unpaired) electrons. The van der Waals surface area contributed by atoms with Gasteiger partial charge in [-0.2, -0.15) is 0 Å². The molecule has 3 N–H and O–H groups in total. The summed E-state index contributed by atoms with van der Waals surface area (Å²) in [6.07, 6.45) is 2.41. The van der Waals surface area contributed by atoms with Gasteiger partial charge in [0.2, 0.25) is 0 Å². The minimum absolute atomic E-state index is 0.0992. The minimum Gasteiger partial charge on any atom is -0.331 e. The second-order valence-electron chi connectivity index (χ2n) is 7.33. The quantitative estimate of drug-likeness (QED) is 0.602. The molecule has 150 valence electrons. The average molecular weight is 391 g/mol. The van der Waals surface area contributed by atoms with Crippen molar-refractivity contribution in [2.75, 3.05) is 19.6 Å². The lowest BCUT2D eigenvalue weighted by atomic mass is 10.1. The summed E-state index contributed by atoms with van der Waals surface area (Å²) in [5.41, 5.74) is 1.49. The molecule has 0 spiro atoms. The van der Waals surface area contributed by atoms with Gasteiger partial charge in [0.15, 0.2) is 0 Å². The first-order chi connectivity index (χ1) is 14.2. The number of hydrogen-bond acceptors (Lipinski definition) is 4. The lowest BCUT2D eigenvalue weighted by Crippen LogP contribution is -2.42. The molecule has 2 aromatic carbocycles. The summed E-state index contributed by atoms with van der Waals surface area (Å²) in [6, 6.07) is 16.8. The fourth-order valence-corrected chi connectivity index (χ4v) is 3.74. The van der Waals surface area contributed by atoms with Crippen LogP contribution < -0.4 is 16.2 Å². The Morgan fingerprint density at radius 1 is 1.07 bits per heavy atom. The Morgan fingerprint density at radius 2 is 1.79 bits per heavy atom. The number of carbonyl (C=O) groups excluding carboxylic acids is 1. The van der Waals surface area contributed by atoms with Crippen molar-refractivity contribution in [2.45, 2.75) is 25.4 Å². The molecular formula is C22H25N5O2. The Hall–Kier alpha value is -3.19. The van der Waals surface area contributed by atoms with Crippen LogP contribution in [0.2, 0.25) is 0 Å². The summed E-state index contributed by atoms with van der Waals surface area (Å²) in [4.78, 5) is 34.3. The van der Waals surface area contributed by atoms with E-state index in [1.165, 1.54) is 12.8 Å². The zero-order chi connectivity index (χ0) is 20.1. The van der Waals surface area contributed by atoms with Crippen molar-refractivity contribution in [1.29, 1.82) is 0 Å². The van der Waals surface area contributed by atoms with Crippen molar-refractivity contribution >= 4 is 16.9 Å². The van der Waals surface area contributed by atoms with Crippen molar-refractivity contribution in [3.8, 4) is 0 Å². The number of para-hydroxylation sites is 1. The van der Waals surface area contributed by atoms with E-state index in [9.17, 15) is 9.59 Å². The number of urea groups is 1. The van der Waals surface area contributed by atoms with E-state index >= 15 is 0 Å². The number of hydrogen-bond donors (Lipinski definition) is 3. The second kappa shape index (κ2) is 8.87. The molecule has 1 fully saturated rings. The van der Waals surface area contributed by atoms with Crippen LogP contribution in [-0.4, -0.2) is 40.5 Å². The maximum Gasteiger partial charge on any atom is 0.315 e. The predicted molar refractivity (Wildman–Crippen MR) is 113 cm³/mol. The number of likely N-dealkylation sites (tertiary alicyclic amines) is 1. The first-order valence-electron chi connectivity index (χ1n) is 9.98. The normalized spacial score (nSPS) is 15.3. The van der Waals surface area contributed by atoms with E-state index in [1.807, 2.05) is 36.4 Å². The number of benzene rings is 2. The zero-order valence-corrected chi connectivity index (χ0v) is 16.2. The summed E-state index contributed by atoms with van der Waals surface area (Å²) >= 11 is 0. The lowest BCUT2D eigenvalue weighted by molar-refractivity contribution is 0.229. The molecule has 2 heterocycles. The smallest absolute Gasteiger partial charge is 0.315 e. The molecule has 0 bridgehead atoms. The standard InChI is InChI=1S/C22H25N5O2/c28-21-17-10-4-5-11-18(17)24-20(26-21)14-23-22(29)25-19(15-27-12-6-7-13-27)16-8-2-1-3-9-16/h1-5,8-11,19H,6-7,12-15H2,(H2,23,25,29)(H,24,26,28). The number of aromatic amines is 1. The van der Waals surface area contributed by atoms with Crippen LogP contribution in [0.4, 0.5) is 4.79 Å². The Bertz CT molecular complexity index is 1030. The molecule has 3 aromatic rings. The highest BCUT2D eigenvalue weighted by Gasteiger charge is 2.20. The SMILES string of the molecule is O=C(NCc1nc2ccccc2c(=O)[nH]1)NC(CN1CCCC1)c1ccccc1. The van der Waals surface area contributed by atoms with E-state index in [-0.39, 0.29) is 24.2 Å². The molecule has 7 heteroatoms. The van der Waals surface area contributed by atoms with Crippen LogP contribution in [0.3, 0.4) is 0 Å². The van der Waals surface area contributed by atoms with E-state index in [4.69, 9.17) is 0 Å². The first kappa shape index (κ1) is 19.1. The van der Waals surface area contributed by atoms with Crippen LogP contribution in [-0.2, 0) is 6.54 Å². The molecule has 7 nitrogen and oxygen atoms in total. The van der Waals surface area contributed by atoms with Gasteiger partial charge in [-0.3, -0.25) is 4.79 Å². The van der Waals surface area contributed by atoms with Gasteiger partial charge in [-0.1, -0.05) is 42.5 Å². The van der Waals surface area contributed by atoms with Crippen molar-refractivity contribution in [3.05, 3.63) is 76.3 Å². The number of carbonyl (C=O) groups is 1. The number of rotatable bonds is 6. The molecule has 1 unspecified atom stereocenters. The summed E-state index contributed by atoms with van der Waals surface area (Å²) in [6.45, 7) is 3.06. The van der Waals surface area contributed by atoms with E-state index in [2.05, 4.69) is 25.5 Å². The molecule has 0 aliphatic carbocycles. The number of amides is 2. The third kappa shape index (κ3) is 4.81. The van der Waals surface area contributed by atoms with Gasteiger partial charge >= 0.3 is 6.03 Å². The first-order valence-corrected chi connectivity index (χ1v) is 9.98. The van der Waals surface area contributed by atoms with Crippen molar-refractivity contribution < 1.29 is 4.79 Å². The second-order valence-corrected chi connectivity index (χ2v) is 7.33. The van der Waals surface area contributed by atoms with Gasteiger partial charge in [0.25, 0.3) is 5.56 Å². The monoisotopic (exact) mass is 391 g/mol. The molecule has 2 amide bonds. The highest BCUT2D eigenvalue weighted by atomic mass is 16.2. The van der Waals surface area contributed by atoms with Gasteiger partial charge in [0.1, 0.15) is 5.82 Å². The van der Waals surface area contributed by atoms with E-state index in [1.54, 1.807) is 18.2 Å². The van der Waals surface area contributed by atoms with Gasteiger partial charge in [-0.15, -0.1) is 0 Å². The number of H-pyrrole nitrogens is 1. The van der Waals surface area contributed by atoms with Gasteiger partial charge in [-0.25, -0.2) is 9.78 Å². The summed E-state index contributed by atoms with van der Waals surface area (Å²) < 4.78 is 0. The van der Waals surface area contributed by atoms with Crippen LogP contribution in [0.5, 0.6) is 0 Å². The summed E-state index contributed by atoms with van der Waals surface area (Å²) in [5.74, 6) is 0.430. The summed E-state index contributed by atoms with van der Waals surface area (Å²) in [7, 11) is 0. The molecule has 1 aromatic heterocycles. The molecule has 0 saturated carbocycles. The van der Waals surface area contributed by atoms with Crippen LogP contribution in [0.1, 0.15) is 30.3 Å². The molecule has 4 rings (SSSR count). The van der Waals surface area contributed by atoms with Gasteiger partial charge < -0.3 is 20.5 Å². The Kier molecular flexibility index (Phi) is 5.86. The molecule has 1 aliphatic rings. The van der Waals surface area contributed by atoms with Gasteiger partial charge in [0.05, 0.1) is 23.5 Å². The van der Waals surface area contributed by atoms with Gasteiger partial charge in [-0.05, 0) is 43.6 Å². The molecule has 1 aliphatic heterocycles. The van der Waals surface area contributed by atoms with Crippen LogP contribution in [0.15, 0.2) is 59.4 Å². The van der Waals surface area contributed by atoms with Crippen LogP contribution >= 0.6 is 0 Å². The number of nitrogens with one attached hydrogen (secondary N) is 3. The van der Waals surface area contributed by atoms with Crippen molar-refractivity contribution in [2.24, 2.45) is 0 Å². The molecule has 29 heavy (non-hydrogen) atoms. The lowest BCUT2D eigenvalue weighted by Gasteiger charge is -2.25. The van der Waals surface area contributed by atoms with Crippen molar-refractivity contribution in [1.82, 2.24) is 25.5 Å². The fraction of sp³-hybridized carbons (Fsp3) is 0.318. The fourth-order valence-electron chi connectivity index (χ4n) is 3.74. The molecule has 1 saturated heterocycles. The highest BCUT2D eigenvalue weighted by molar-refractivity contribution is 5.77. The van der Waals surface area contributed by atoms with Crippen molar-refractivity contribution in [3.63, 3.8) is 0 Å². The van der Waals surface area contributed by atoms with Crippen LogP contribution in [0, 0.1) is 0 Å². The van der Waals surface area contributed by atoms with Crippen LogP contribution in [0.25, 0.3) is 10.9 Å². The number of aromatic nitrogens is 2. The number of fused-ring (bicyclic) bond motifs is 1. The molecule has 1 atom stereocenters. The largest absolute Gasteiger partial charge is 0.331 e.